The number of carbonyl (C=O) groups is 1. The largest absolute Gasteiger partial charge is 0.361 e. The molecular weight excluding hydrogens is 286 g/mol. The van der Waals surface area contributed by atoms with Gasteiger partial charge < -0.3 is 10.2 Å². The number of halogens is 2. The molecule has 22 heavy (non-hydrogen) atoms. The van der Waals surface area contributed by atoms with Gasteiger partial charge in [0.15, 0.2) is 0 Å². The van der Waals surface area contributed by atoms with Gasteiger partial charge in [0.25, 0.3) is 5.91 Å². The first-order chi connectivity index (χ1) is 10.6. The Kier molecular flexibility index (Phi) is 2.89. The van der Waals surface area contributed by atoms with Crippen molar-refractivity contribution in [2.24, 2.45) is 0 Å². The van der Waals surface area contributed by atoms with Gasteiger partial charge in [0.1, 0.15) is 17.8 Å². The highest BCUT2D eigenvalue weighted by Gasteiger charge is 2.42. The maximum Gasteiger partial charge on any atom is 0.258 e. The van der Waals surface area contributed by atoms with Crippen LogP contribution in [0.2, 0.25) is 0 Å². The molecule has 1 aliphatic heterocycles. The minimum Gasteiger partial charge on any atom is -0.361 e. The number of para-hydroxylation sites is 1. The Morgan fingerprint density at radius 1 is 1.09 bits per heavy atom. The fourth-order valence-corrected chi connectivity index (χ4v) is 2.95. The van der Waals surface area contributed by atoms with Crippen molar-refractivity contribution in [2.45, 2.75) is 25.0 Å². The Hall–Kier alpha value is -2.43. The van der Waals surface area contributed by atoms with Crippen LogP contribution in [0.1, 0.15) is 34.9 Å². The third-order valence-electron chi connectivity index (χ3n) is 4.16. The number of hydrogen-bond acceptors (Lipinski definition) is 2. The number of carbonyl (C=O) groups excluding carboxylic acids is 1. The molecule has 1 aliphatic carbocycles. The van der Waals surface area contributed by atoms with Crippen LogP contribution >= 0.6 is 0 Å². The van der Waals surface area contributed by atoms with Crippen molar-refractivity contribution in [3.63, 3.8) is 0 Å². The Bertz CT molecular complexity index is 758. The average molecular weight is 300 g/mol. The van der Waals surface area contributed by atoms with E-state index in [9.17, 15) is 13.6 Å². The number of hydrogen-bond donors (Lipinski definition) is 1. The van der Waals surface area contributed by atoms with E-state index in [1.807, 2.05) is 12.1 Å². The molecule has 0 radical (unpaired) electrons. The van der Waals surface area contributed by atoms with Crippen molar-refractivity contribution in [3.8, 4) is 0 Å². The van der Waals surface area contributed by atoms with Gasteiger partial charge in [-0.05, 0) is 37.1 Å². The van der Waals surface area contributed by atoms with Gasteiger partial charge in [0.05, 0.1) is 5.56 Å². The molecule has 0 saturated heterocycles. The van der Waals surface area contributed by atoms with E-state index < -0.39 is 17.8 Å². The third kappa shape index (κ3) is 2.04. The van der Waals surface area contributed by atoms with Crippen molar-refractivity contribution in [3.05, 3.63) is 65.2 Å². The molecule has 2 aromatic carbocycles. The fraction of sp³-hybridized carbons (Fsp3) is 0.235. The van der Waals surface area contributed by atoms with Crippen LogP contribution in [0.4, 0.5) is 14.5 Å². The molecule has 1 amide bonds. The lowest BCUT2D eigenvalue weighted by atomic mass is 10.0. The highest BCUT2D eigenvalue weighted by molar-refractivity contribution is 6.02. The predicted molar refractivity (Wildman–Crippen MR) is 78.4 cm³/mol. The molecule has 1 N–H and O–H groups in total. The molecule has 5 heteroatoms. The van der Waals surface area contributed by atoms with Crippen LogP contribution in [0.3, 0.4) is 0 Å². The maximum absolute atomic E-state index is 14.2. The summed E-state index contributed by atoms with van der Waals surface area (Å²) in [5.41, 5.74) is 1.56. The number of benzene rings is 2. The Labute approximate surface area is 126 Å². The Balaban J connectivity index is 1.82. The van der Waals surface area contributed by atoms with Crippen molar-refractivity contribution in [1.29, 1.82) is 0 Å². The minimum absolute atomic E-state index is 0.106. The summed E-state index contributed by atoms with van der Waals surface area (Å²) in [5.74, 6) is -1.37. The van der Waals surface area contributed by atoms with Crippen LogP contribution in [0, 0.1) is 11.6 Å². The molecule has 2 aliphatic rings. The monoisotopic (exact) mass is 300 g/mol. The van der Waals surface area contributed by atoms with Crippen LogP contribution in [0.5, 0.6) is 0 Å². The maximum atomic E-state index is 14.2. The van der Waals surface area contributed by atoms with E-state index in [0.717, 1.165) is 18.9 Å². The summed E-state index contributed by atoms with van der Waals surface area (Å²) in [7, 11) is 0. The van der Waals surface area contributed by atoms with Gasteiger partial charge in [-0.25, -0.2) is 8.78 Å². The van der Waals surface area contributed by atoms with Crippen LogP contribution in [0.15, 0.2) is 42.5 Å². The average Bonchev–Trinajstić information content (AvgIpc) is 3.32. The number of rotatable bonds is 2. The molecule has 2 aromatic rings. The van der Waals surface area contributed by atoms with Gasteiger partial charge in [0, 0.05) is 23.4 Å². The number of amides is 1. The standard InChI is InChI=1S/C17H14F2N2O/c18-10-5-8-12(14(19)9-10)16-20-15-4-2-1-3-13(15)17(22)21(16)11-6-7-11/h1-5,8-9,11,16,20H,6-7H2/t16-/m1/s1. The molecule has 112 valence electrons. The molecule has 4 rings (SSSR count). The topological polar surface area (TPSA) is 32.3 Å². The second-order valence-corrected chi connectivity index (χ2v) is 5.70. The molecular formula is C17H14F2N2O. The summed E-state index contributed by atoms with van der Waals surface area (Å²) >= 11 is 0. The molecule has 0 bridgehead atoms. The minimum atomic E-state index is -0.643. The second kappa shape index (κ2) is 4.80. The zero-order valence-corrected chi connectivity index (χ0v) is 11.7. The van der Waals surface area contributed by atoms with Gasteiger partial charge in [-0.3, -0.25) is 4.79 Å². The molecule has 0 aromatic heterocycles. The molecule has 0 spiro atoms. The first-order valence-corrected chi connectivity index (χ1v) is 7.28. The summed E-state index contributed by atoms with van der Waals surface area (Å²) in [6.45, 7) is 0. The lowest BCUT2D eigenvalue weighted by Gasteiger charge is -2.38. The second-order valence-electron chi connectivity index (χ2n) is 5.70. The quantitative estimate of drug-likeness (QED) is 0.917. The number of nitrogens with zero attached hydrogens (tertiary/aromatic N) is 1. The van der Waals surface area contributed by atoms with E-state index in [2.05, 4.69) is 5.32 Å². The van der Waals surface area contributed by atoms with Crippen molar-refractivity contribution < 1.29 is 13.6 Å². The summed E-state index contributed by atoms with van der Waals surface area (Å²) in [4.78, 5) is 14.4. The first-order valence-electron chi connectivity index (χ1n) is 7.28. The number of anilines is 1. The SMILES string of the molecule is O=C1c2ccccc2N[C@@H](c2ccc(F)cc2F)N1C1CC1. The smallest absolute Gasteiger partial charge is 0.258 e. The molecule has 0 unspecified atom stereocenters. The van der Waals surface area contributed by atoms with Crippen molar-refractivity contribution in [2.75, 3.05) is 5.32 Å². The summed E-state index contributed by atoms with van der Waals surface area (Å²) in [6.07, 6.45) is 1.22. The van der Waals surface area contributed by atoms with Gasteiger partial charge in [-0.1, -0.05) is 12.1 Å². The summed E-state index contributed by atoms with van der Waals surface area (Å²) < 4.78 is 27.3. The fourth-order valence-electron chi connectivity index (χ4n) is 2.95. The van der Waals surface area contributed by atoms with Crippen LogP contribution in [0.25, 0.3) is 0 Å². The van der Waals surface area contributed by atoms with Gasteiger partial charge in [-0.15, -0.1) is 0 Å². The molecule has 1 saturated carbocycles. The van der Waals surface area contributed by atoms with E-state index in [1.54, 1.807) is 17.0 Å². The van der Waals surface area contributed by atoms with E-state index in [1.165, 1.54) is 12.1 Å². The highest BCUT2D eigenvalue weighted by Crippen LogP contribution is 2.41. The van der Waals surface area contributed by atoms with Crippen molar-refractivity contribution in [1.82, 2.24) is 4.90 Å². The summed E-state index contributed by atoms with van der Waals surface area (Å²) in [5, 5.41) is 3.22. The van der Waals surface area contributed by atoms with Crippen LogP contribution < -0.4 is 5.32 Å². The van der Waals surface area contributed by atoms with Gasteiger partial charge >= 0.3 is 0 Å². The van der Waals surface area contributed by atoms with E-state index in [0.29, 0.717) is 11.3 Å². The number of fused-ring (bicyclic) bond motifs is 1. The lowest BCUT2D eigenvalue weighted by molar-refractivity contribution is 0.0663. The molecule has 1 heterocycles. The lowest BCUT2D eigenvalue weighted by Crippen LogP contribution is -2.44. The van der Waals surface area contributed by atoms with Crippen LogP contribution in [-0.2, 0) is 0 Å². The van der Waals surface area contributed by atoms with Gasteiger partial charge in [0.2, 0.25) is 0 Å². The van der Waals surface area contributed by atoms with E-state index >= 15 is 0 Å². The summed E-state index contributed by atoms with van der Waals surface area (Å²) in [6, 6.07) is 10.8. The molecule has 1 atom stereocenters. The normalized spacial score (nSPS) is 20.5. The van der Waals surface area contributed by atoms with Crippen molar-refractivity contribution >= 4 is 11.6 Å². The highest BCUT2D eigenvalue weighted by atomic mass is 19.1. The molecule has 1 fully saturated rings. The zero-order valence-electron chi connectivity index (χ0n) is 11.7. The zero-order chi connectivity index (χ0) is 15.3. The van der Waals surface area contributed by atoms with Crippen LogP contribution in [-0.4, -0.2) is 16.8 Å². The Morgan fingerprint density at radius 2 is 1.86 bits per heavy atom. The predicted octanol–water partition coefficient (Wildman–Crippen LogP) is 3.69. The first kappa shape index (κ1) is 13.2. The Morgan fingerprint density at radius 3 is 2.59 bits per heavy atom. The number of nitrogens with one attached hydrogen (secondary N) is 1. The van der Waals surface area contributed by atoms with E-state index in [4.69, 9.17) is 0 Å². The van der Waals surface area contributed by atoms with E-state index in [-0.39, 0.29) is 17.5 Å². The molecule has 3 nitrogen and oxygen atoms in total. The third-order valence-corrected chi connectivity index (χ3v) is 4.16. The van der Waals surface area contributed by atoms with Gasteiger partial charge in [-0.2, -0.15) is 0 Å².